The van der Waals surface area contributed by atoms with Gasteiger partial charge in [-0.3, -0.25) is 9.59 Å². The first-order valence-corrected chi connectivity index (χ1v) is 10.9. The fraction of sp³-hybridized carbons (Fsp3) is 0.217. The van der Waals surface area contributed by atoms with Crippen molar-refractivity contribution in [2.45, 2.75) is 26.3 Å². The second-order valence-electron chi connectivity index (χ2n) is 7.02. The molecule has 33 heavy (non-hydrogen) atoms. The van der Waals surface area contributed by atoms with Crippen LogP contribution in [0.15, 0.2) is 48.5 Å². The summed E-state index contributed by atoms with van der Waals surface area (Å²) in [6, 6.07) is 10.8. The molecule has 3 aromatic rings. The highest BCUT2D eigenvalue weighted by Gasteiger charge is 2.23. The first-order chi connectivity index (χ1) is 15.8. The number of hydrogen-bond donors (Lipinski definition) is 2. The Morgan fingerprint density at radius 1 is 1.09 bits per heavy atom. The molecule has 3 rings (SSSR count). The summed E-state index contributed by atoms with van der Waals surface area (Å²) in [7, 11) is 0. The zero-order valence-electron chi connectivity index (χ0n) is 17.9. The van der Waals surface area contributed by atoms with E-state index in [9.17, 15) is 23.2 Å². The minimum atomic E-state index is -0.967. The molecule has 0 saturated carbocycles. The number of thiazole rings is 1. The van der Waals surface area contributed by atoms with Crippen molar-refractivity contribution in [1.29, 1.82) is 0 Å². The maximum atomic E-state index is 13.3. The summed E-state index contributed by atoms with van der Waals surface area (Å²) in [5, 5.41) is 5.22. The fourth-order valence-electron chi connectivity index (χ4n) is 2.97. The molecule has 2 amide bonds. The Balaban J connectivity index is 1.69. The van der Waals surface area contributed by atoms with Gasteiger partial charge in [-0.25, -0.2) is 18.6 Å². The summed E-state index contributed by atoms with van der Waals surface area (Å²) in [5.41, 5.74) is 1.20. The summed E-state index contributed by atoms with van der Waals surface area (Å²) < 4.78 is 31.7. The number of ether oxygens (including phenoxy) is 1. The molecule has 7 nitrogen and oxygen atoms in total. The van der Waals surface area contributed by atoms with Crippen molar-refractivity contribution in [2.24, 2.45) is 0 Å². The molecule has 0 bridgehead atoms. The van der Waals surface area contributed by atoms with E-state index >= 15 is 0 Å². The second-order valence-corrected chi connectivity index (χ2v) is 8.02. The molecule has 2 aromatic carbocycles. The highest BCUT2D eigenvalue weighted by atomic mass is 32.1. The van der Waals surface area contributed by atoms with E-state index in [-0.39, 0.29) is 28.6 Å². The summed E-state index contributed by atoms with van der Waals surface area (Å²) in [6.45, 7) is 3.33. The van der Waals surface area contributed by atoms with Gasteiger partial charge in [0.1, 0.15) is 22.6 Å². The zero-order chi connectivity index (χ0) is 24.0. The molecule has 0 aliphatic carbocycles. The number of halogens is 2. The fourth-order valence-corrected chi connectivity index (χ4v) is 3.85. The van der Waals surface area contributed by atoms with Crippen LogP contribution in [0.5, 0.6) is 0 Å². The van der Waals surface area contributed by atoms with E-state index in [2.05, 4.69) is 15.6 Å². The van der Waals surface area contributed by atoms with Crippen molar-refractivity contribution in [3.05, 3.63) is 70.6 Å². The van der Waals surface area contributed by atoms with E-state index in [0.29, 0.717) is 17.3 Å². The Hall–Kier alpha value is -3.66. The van der Waals surface area contributed by atoms with E-state index < -0.39 is 35.5 Å². The minimum Gasteiger partial charge on any atom is -0.462 e. The average molecular weight is 474 g/mol. The number of rotatable bonds is 8. The Morgan fingerprint density at radius 2 is 1.76 bits per heavy atom. The molecule has 2 N–H and O–H groups in total. The molecular weight excluding hydrogens is 452 g/mol. The summed E-state index contributed by atoms with van der Waals surface area (Å²) in [6.07, 6.45) is -0.297. The summed E-state index contributed by atoms with van der Waals surface area (Å²) in [4.78, 5) is 41.7. The van der Waals surface area contributed by atoms with Gasteiger partial charge in [0.25, 0.3) is 0 Å². The number of nitrogens with one attached hydrogen (secondary N) is 2. The van der Waals surface area contributed by atoms with Crippen LogP contribution in [0.3, 0.4) is 0 Å². The van der Waals surface area contributed by atoms with Gasteiger partial charge in [-0.2, -0.15) is 0 Å². The largest absolute Gasteiger partial charge is 0.462 e. The van der Waals surface area contributed by atoms with Gasteiger partial charge in [0.05, 0.1) is 18.7 Å². The normalized spacial score (nSPS) is 11.5. The van der Waals surface area contributed by atoms with Crippen LogP contribution in [-0.4, -0.2) is 35.4 Å². The molecule has 10 heteroatoms. The molecule has 1 unspecified atom stereocenters. The molecule has 172 valence electrons. The summed E-state index contributed by atoms with van der Waals surface area (Å²) >= 11 is 0.959. The Bertz CT molecular complexity index is 1150. The molecule has 0 radical (unpaired) electrons. The molecule has 0 aliphatic heterocycles. The third kappa shape index (κ3) is 6.42. The lowest BCUT2D eigenvalue weighted by Crippen LogP contribution is -2.42. The predicted molar refractivity (Wildman–Crippen MR) is 120 cm³/mol. The van der Waals surface area contributed by atoms with Gasteiger partial charge >= 0.3 is 5.97 Å². The van der Waals surface area contributed by atoms with E-state index in [1.54, 1.807) is 31.2 Å². The van der Waals surface area contributed by atoms with Crippen LogP contribution in [0.25, 0.3) is 11.3 Å². The Morgan fingerprint density at radius 3 is 2.39 bits per heavy atom. The second kappa shape index (κ2) is 10.8. The lowest BCUT2D eigenvalue weighted by molar-refractivity contribution is -0.125. The number of esters is 1. The Kier molecular flexibility index (Phi) is 7.83. The van der Waals surface area contributed by atoms with E-state index in [4.69, 9.17) is 4.74 Å². The quantitative estimate of drug-likeness (QED) is 0.483. The SMILES string of the molecule is CCOC(=O)c1sc(NC(=O)C(C)NC(=O)Cc2cc(F)cc(F)c2)nc1-c1ccccc1. The van der Waals surface area contributed by atoms with Crippen molar-refractivity contribution >= 4 is 34.3 Å². The smallest absolute Gasteiger partial charge is 0.350 e. The number of hydrogen-bond acceptors (Lipinski definition) is 6. The van der Waals surface area contributed by atoms with Crippen molar-refractivity contribution in [1.82, 2.24) is 10.3 Å². The van der Waals surface area contributed by atoms with Gasteiger partial charge in [0.2, 0.25) is 11.8 Å². The molecule has 1 heterocycles. The number of anilines is 1. The number of aromatic nitrogens is 1. The number of carbonyl (C=O) groups is 3. The monoisotopic (exact) mass is 473 g/mol. The number of nitrogens with zero attached hydrogens (tertiary/aromatic N) is 1. The van der Waals surface area contributed by atoms with Crippen LogP contribution in [-0.2, 0) is 20.7 Å². The van der Waals surface area contributed by atoms with Crippen LogP contribution < -0.4 is 10.6 Å². The van der Waals surface area contributed by atoms with Gasteiger partial charge in [-0.05, 0) is 31.5 Å². The molecule has 1 atom stereocenters. The highest BCUT2D eigenvalue weighted by molar-refractivity contribution is 7.18. The van der Waals surface area contributed by atoms with E-state index in [0.717, 1.165) is 23.5 Å². The highest BCUT2D eigenvalue weighted by Crippen LogP contribution is 2.31. The van der Waals surface area contributed by atoms with Crippen molar-refractivity contribution in [2.75, 3.05) is 11.9 Å². The van der Waals surface area contributed by atoms with Crippen LogP contribution >= 0.6 is 11.3 Å². The van der Waals surface area contributed by atoms with Crippen LogP contribution in [0.4, 0.5) is 13.9 Å². The first-order valence-electron chi connectivity index (χ1n) is 10.1. The van der Waals surface area contributed by atoms with Gasteiger partial charge in [-0.15, -0.1) is 0 Å². The van der Waals surface area contributed by atoms with Crippen LogP contribution in [0.2, 0.25) is 0 Å². The van der Waals surface area contributed by atoms with E-state index in [1.807, 2.05) is 6.07 Å². The lowest BCUT2D eigenvalue weighted by atomic mass is 10.1. The zero-order valence-corrected chi connectivity index (χ0v) is 18.7. The number of amides is 2. The van der Waals surface area contributed by atoms with Crippen molar-refractivity contribution in [3.8, 4) is 11.3 Å². The maximum absolute atomic E-state index is 13.3. The topological polar surface area (TPSA) is 97.4 Å². The van der Waals surface area contributed by atoms with Gasteiger partial charge in [0.15, 0.2) is 5.13 Å². The third-order valence-corrected chi connectivity index (χ3v) is 5.37. The van der Waals surface area contributed by atoms with Crippen molar-refractivity contribution in [3.63, 3.8) is 0 Å². The third-order valence-electron chi connectivity index (χ3n) is 4.42. The van der Waals surface area contributed by atoms with Gasteiger partial charge < -0.3 is 15.4 Å². The number of benzene rings is 2. The minimum absolute atomic E-state index is 0.143. The first kappa shape index (κ1) is 24.0. The average Bonchev–Trinajstić information content (AvgIpc) is 3.17. The van der Waals surface area contributed by atoms with Gasteiger partial charge in [0, 0.05) is 11.6 Å². The Labute approximate surface area is 192 Å². The molecule has 0 spiro atoms. The summed E-state index contributed by atoms with van der Waals surface area (Å²) in [5.74, 6) is -3.30. The molecule has 0 aliphatic rings. The molecule has 0 fully saturated rings. The predicted octanol–water partition coefficient (Wildman–Crippen LogP) is 3.95. The van der Waals surface area contributed by atoms with E-state index in [1.165, 1.54) is 6.92 Å². The van der Waals surface area contributed by atoms with Crippen LogP contribution in [0, 0.1) is 11.6 Å². The van der Waals surface area contributed by atoms with Crippen LogP contribution in [0.1, 0.15) is 29.1 Å². The standard InChI is InChI=1S/C23H21F2N3O4S/c1-3-32-22(31)20-19(15-7-5-4-6-8-15)27-23(33-20)28-21(30)13(2)26-18(29)11-14-9-16(24)12-17(25)10-14/h4-10,12-13H,3,11H2,1-2H3,(H,26,29)(H,27,28,30). The lowest BCUT2D eigenvalue weighted by Gasteiger charge is -2.13. The van der Waals surface area contributed by atoms with Crippen molar-refractivity contribution < 1.29 is 27.9 Å². The van der Waals surface area contributed by atoms with Gasteiger partial charge in [-0.1, -0.05) is 41.7 Å². The molecular formula is C23H21F2N3O4S. The maximum Gasteiger partial charge on any atom is 0.350 e. The molecule has 1 aromatic heterocycles. The molecule has 0 saturated heterocycles. The number of carbonyl (C=O) groups excluding carboxylic acids is 3.